The van der Waals surface area contributed by atoms with E-state index in [-0.39, 0.29) is 5.91 Å². The van der Waals surface area contributed by atoms with E-state index in [0.717, 1.165) is 5.56 Å². The van der Waals surface area contributed by atoms with Gasteiger partial charge in [0.15, 0.2) is 0 Å². The number of aryl methyl sites for hydroxylation is 1. The van der Waals surface area contributed by atoms with E-state index in [4.69, 9.17) is 21.1 Å². The number of amides is 1. The standard InChI is InChI=1S/C21H20ClN3O3/c1-13-4-6-15(10-17(13)22)24-21(26)14-5-9-20(23-12-14)25-18-11-16(27-2)7-8-19(18)28-3/h4-12H,1-3H3,(H,23,25)(H,24,26). The molecule has 0 fully saturated rings. The molecule has 0 bridgehead atoms. The Labute approximate surface area is 168 Å². The van der Waals surface area contributed by atoms with Gasteiger partial charge in [0.2, 0.25) is 0 Å². The number of carbonyl (C=O) groups is 1. The lowest BCUT2D eigenvalue weighted by molar-refractivity contribution is 0.102. The first kappa shape index (κ1) is 19.5. The van der Waals surface area contributed by atoms with Gasteiger partial charge in [-0.2, -0.15) is 0 Å². The van der Waals surface area contributed by atoms with Crippen molar-refractivity contribution in [3.05, 3.63) is 70.9 Å². The Balaban J connectivity index is 1.72. The van der Waals surface area contributed by atoms with Crippen LogP contribution in [-0.2, 0) is 0 Å². The molecule has 0 radical (unpaired) electrons. The van der Waals surface area contributed by atoms with Crippen molar-refractivity contribution in [2.45, 2.75) is 6.92 Å². The summed E-state index contributed by atoms with van der Waals surface area (Å²) in [6, 6.07) is 14.2. The molecule has 3 rings (SSSR count). The van der Waals surface area contributed by atoms with Crippen molar-refractivity contribution in [1.29, 1.82) is 0 Å². The smallest absolute Gasteiger partial charge is 0.257 e. The van der Waals surface area contributed by atoms with Gasteiger partial charge in [0.25, 0.3) is 5.91 Å². The zero-order valence-corrected chi connectivity index (χ0v) is 16.5. The molecule has 0 aliphatic heterocycles. The topological polar surface area (TPSA) is 72.5 Å². The summed E-state index contributed by atoms with van der Waals surface area (Å²) in [5.41, 5.74) is 2.72. The SMILES string of the molecule is COc1ccc(OC)c(Nc2ccc(C(=O)Nc3ccc(C)c(Cl)c3)cn2)c1. The lowest BCUT2D eigenvalue weighted by Gasteiger charge is -2.12. The van der Waals surface area contributed by atoms with Gasteiger partial charge in [-0.1, -0.05) is 17.7 Å². The summed E-state index contributed by atoms with van der Waals surface area (Å²) in [5.74, 6) is 1.65. The summed E-state index contributed by atoms with van der Waals surface area (Å²) >= 11 is 6.10. The molecule has 6 nitrogen and oxygen atoms in total. The number of ether oxygens (including phenoxy) is 2. The highest BCUT2D eigenvalue weighted by Gasteiger charge is 2.10. The molecule has 1 heterocycles. The average molecular weight is 398 g/mol. The van der Waals surface area contributed by atoms with Crippen LogP contribution in [0.5, 0.6) is 11.5 Å². The van der Waals surface area contributed by atoms with Crippen molar-refractivity contribution in [2.24, 2.45) is 0 Å². The molecule has 0 aliphatic carbocycles. The van der Waals surface area contributed by atoms with E-state index in [1.54, 1.807) is 44.6 Å². The Hall–Kier alpha value is -3.25. The maximum absolute atomic E-state index is 12.4. The van der Waals surface area contributed by atoms with Gasteiger partial charge in [-0.25, -0.2) is 4.98 Å². The predicted octanol–water partition coefficient (Wildman–Crippen LogP) is 5.06. The Morgan fingerprint density at radius 1 is 1.04 bits per heavy atom. The van der Waals surface area contributed by atoms with Crippen molar-refractivity contribution in [1.82, 2.24) is 4.98 Å². The number of hydrogen-bond acceptors (Lipinski definition) is 5. The number of nitrogens with one attached hydrogen (secondary N) is 2. The van der Waals surface area contributed by atoms with Gasteiger partial charge in [-0.05, 0) is 48.9 Å². The minimum Gasteiger partial charge on any atom is -0.497 e. The van der Waals surface area contributed by atoms with Gasteiger partial charge >= 0.3 is 0 Å². The van der Waals surface area contributed by atoms with Crippen molar-refractivity contribution in [3.63, 3.8) is 0 Å². The number of aromatic nitrogens is 1. The fourth-order valence-corrected chi connectivity index (χ4v) is 2.71. The number of pyridine rings is 1. The quantitative estimate of drug-likeness (QED) is 0.608. The Morgan fingerprint density at radius 3 is 2.50 bits per heavy atom. The van der Waals surface area contributed by atoms with Crippen LogP contribution in [0, 0.1) is 6.92 Å². The average Bonchev–Trinajstić information content (AvgIpc) is 2.71. The summed E-state index contributed by atoms with van der Waals surface area (Å²) in [6.07, 6.45) is 1.50. The number of halogens is 1. The molecule has 0 saturated heterocycles. The molecule has 2 aromatic carbocycles. The highest BCUT2D eigenvalue weighted by Crippen LogP contribution is 2.31. The number of nitrogens with zero attached hydrogens (tertiary/aromatic N) is 1. The van der Waals surface area contributed by atoms with Crippen LogP contribution in [0.4, 0.5) is 17.2 Å². The summed E-state index contributed by atoms with van der Waals surface area (Å²) in [4.78, 5) is 16.7. The van der Waals surface area contributed by atoms with E-state index in [0.29, 0.717) is 39.3 Å². The Bertz CT molecular complexity index is 991. The van der Waals surface area contributed by atoms with Gasteiger partial charge in [0.1, 0.15) is 17.3 Å². The first-order chi connectivity index (χ1) is 13.5. The second-order valence-electron chi connectivity index (χ2n) is 6.04. The minimum absolute atomic E-state index is 0.266. The fraction of sp³-hybridized carbons (Fsp3) is 0.143. The van der Waals surface area contributed by atoms with Crippen LogP contribution in [0.1, 0.15) is 15.9 Å². The minimum atomic E-state index is -0.266. The van der Waals surface area contributed by atoms with Crippen molar-refractivity contribution in [3.8, 4) is 11.5 Å². The molecule has 144 valence electrons. The van der Waals surface area contributed by atoms with Gasteiger partial charge < -0.3 is 20.1 Å². The molecule has 28 heavy (non-hydrogen) atoms. The highest BCUT2D eigenvalue weighted by molar-refractivity contribution is 6.31. The third kappa shape index (κ3) is 4.53. The summed E-state index contributed by atoms with van der Waals surface area (Å²) < 4.78 is 10.6. The molecule has 7 heteroatoms. The highest BCUT2D eigenvalue weighted by atomic mass is 35.5. The molecule has 0 aliphatic rings. The second kappa shape index (κ2) is 8.63. The van der Waals surface area contributed by atoms with Crippen molar-refractivity contribution in [2.75, 3.05) is 24.9 Å². The molecular formula is C21H20ClN3O3. The van der Waals surface area contributed by atoms with Crippen molar-refractivity contribution >= 4 is 34.7 Å². The molecule has 3 aromatic rings. The van der Waals surface area contributed by atoms with Crippen LogP contribution >= 0.6 is 11.6 Å². The molecule has 0 atom stereocenters. The van der Waals surface area contributed by atoms with Crippen LogP contribution in [-0.4, -0.2) is 25.1 Å². The normalized spacial score (nSPS) is 10.3. The Kier molecular flexibility index (Phi) is 6.01. The zero-order valence-electron chi connectivity index (χ0n) is 15.7. The van der Waals surface area contributed by atoms with E-state index in [2.05, 4.69) is 15.6 Å². The maximum Gasteiger partial charge on any atom is 0.257 e. The zero-order chi connectivity index (χ0) is 20.1. The van der Waals surface area contributed by atoms with Crippen LogP contribution < -0.4 is 20.1 Å². The molecular weight excluding hydrogens is 378 g/mol. The van der Waals surface area contributed by atoms with Crippen molar-refractivity contribution < 1.29 is 14.3 Å². The maximum atomic E-state index is 12.4. The molecule has 0 saturated carbocycles. The Morgan fingerprint density at radius 2 is 1.86 bits per heavy atom. The fourth-order valence-electron chi connectivity index (χ4n) is 2.53. The van der Waals surface area contributed by atoms with Gasteiger partial charge in [-0.3, -0.25) is 4.79 Å². The first-order valence-corrected chi connectivity index (χ1v) is 8.90. The molecule has 1 amide bonds. The third-order valence-corrected chi connectivity index (χ3v) is 4.53. The summed E-state index contributed by atoms with van der Waals surface area (Å²) in [5, 5.41) is 6.57. The van der Waals surface area contributed by atoms with Gasteiger partial charge in [-0.15, -0.1) is 0 Å². The number of carbonyl (C=O) groups excluding carboxylic acids is 1. The predicted molar refractivity (Wildman–Crippen MR) is 111 cm³/mol. The molecule has 0 spiro atoms. The van der Waals surface area contributed by atoms with E-state index < -0.39 is 0 Å². The van der Waals surface area contributed by atoms with E-state index in [1.165, 1.54) is 6.20 Å². The molecule has 1 aromatic heterocycles. The second-order valence-corrected chi connectivity index (χ2v) is 6.45. The van der Waals surface area contributed by atoms with E-state index >= 15 is 0 Å². The number of rotatable bonds is 6. The monoisotopic (exact) mass is 397 g/mol. The largest absolute Gasteiger partial charge is 0.497 e. The molecule has 0 unspecified atom stereocenters. The third-order valence-electron chi connectivity index (χ3n) is 4.12. The number of benzene rings is 2. The van der Waals surface area contributed by atoms with Crippen LogP contribution in [0.2, 0.25) is 5.02 Å². The van der Waals surface area contributed by atoms with Gasteiger partial charge in [0.05, 0.1) is 25.5 Å². The number of anilines is 3. The van der Waals surface area contributed by atoms with E-state index in [9.17, 15) is 4.79 Å². The number of methoxy groups -OCH3 is 2. The van der Waals surface area contributed by atoms with Crippen LogP contribution in [0.3, 0.4) is 0 Å². The van der Waals surface area contributed by atoms with Crippen LogP contribution in [0.25, 0.3) is 0 Å². The lowest BCUT2D eigenvalue weighted by Crippen LogP contribution is -2.12. The number of hydrogen-bond donors (Lipinski definition) is 2. The summed E-state index contributed by atoms with van der Waals surface area (Å²) in [6.45, 7) is 1.90. The molecule has 2 N–H and O–H groups in total. The van der Waals surface area contributed by atoms with E-state index in [1.807, 2.05) is 25.1 Å². The summed E-state index contributed by atoms with van der Waals surface area (Å²) in [7, 11) is 3.18. The van der Waals surface area contributed by atoms with Crippen LogP contribution in [0.15, 0.2) is 54.7 Å². The van der Waals surface area contributed by atoms with Gasteiger partial charge in [0, 0.05) is 23.0 Å². The lowest BCUT2D eigenvalue weighted by atomic mass is 10.2. The first-order valence-electron chi connectivity index (χ1n) is 8.53.